The van der Waals surface area contributed by atoms with Gasteiger partial charge in [-0.3, -0.25) is 5.32 Å². The van der Waals surface area contributed by atoms with Crippen LogP contribution in [-0.2, 0) is 0 Å². The second kappa shape index (κ2) is 6.05. The van der Waals surface area contributed by atoms with E-state index in [9.17, 15) is 0 Å². The van der Waals surface area contributed by atoms with Crippen molar-refractivity contribution in [3.05, 3.63) is 29.8 Å². The Morgan fingerprint density at radius 1 is 1.39 bits per heavy atom. The number of piperidine rings is 1. The zero-order chi connectivity index (χ0) is 12.8. The van der Waals surface area contributed by atoms with E-state index in [0.29, 0.717) is 18.2 Å². The van der Waals surface area contributed by atoms with Crippen molar-refractivity contribution in [1.29, 1.82) is 10.5 Å². The van der Waals surface area contributed by atoms with Crippen molar-refractivity contribution in [2.75, 3.05) is 24.5 Å². The molecule has 1 saturated heterocycles. The highest BCUT2D eigenvalue weighted by Gasteiger charge is 2.19. The summed E-state index contributed by atoms with van der Waals surface area (Å²) in [4.78, 5) is 2.28. The fourth-order valence-corrected chi connectivity index (χ4v) is 2.34. The van der Waals surface area contributed by atoms with Crippen LogP contribution in [0.3, 0.4) is 0 Å². The summed E-state index contributed by atoms with van der Waals surface area (Å²) in [5.74, 6) is 0. The summed E-state index contributed by atoms with van der Waals surface area (Å²) in [7, 11) is 0. The molecule has 4 nitrogen and oxygen atoms in total. The maximum atomic E-state index is 8.91. The lowest BCUT2D eigenvalue weighted by Gasteiger charge is -2.34. The highest BCUT2D eigenvalue weighted by atomic mass is 15.2. The molecule has 1 aliphatic heterocycles. The first kappa shape index (κ1) is 12.4. The van der Waals surface area contributed by atoms with Crippen LogP contribution in [0.15, 0.2) is 24.3 Å². The van der Waals surface area contributed by atoms with Gasteiger partial charge in [0.05, 0.1) is 24.2 Å². The molecule has 92 valence electrons. The minimum atomic E-state index is 0.365. The molecular weight excluding hydrogens is 224 g/mol. The van der Waals surface area contributed by atoms with Crippen LogP contribution in [-0.4, -0.2) is 25.7 Å². The molecule has 1 aliphatic rings. The second-order valence-corrected chi connectivity index (χ2v) is 4.49. The molecular formula is C14H16N4. The Labute approximate surface area is 107 Å². The SMILES string of the molecule is N#CCNC1CCCN(c2cccc(C#N)c2)C1. The number of benzene rings is 1. The summed E-state index contributed by atoms with van der Waals surface area (Å²) in [6.07, 6.45) is 2.22. The maximum absolute atomic E-state index is 8.91. The normalized spacial score (nSPS) is 19.0. The van der Waals surface area contributed by atoms with Gasteiger partial charge in [0.25, 0.3) is 0 Å². The highest BCUT2D eigenvalue weighted by Crippen LogP contribution is 2.20. The Bertz CT molecular complexity index is 483. The van der Waals surface area contributed by atoms with Crippen LogP contribution in [0.2, 0.25) is 0 Å². The van der Waals surface area contributed by atoms with Crippen LogP contribution in [0, 0.1) is 22.7 Å². The van der Waals surface area contributed by atoms with Gasteiger partial charge in [0.1, 0.15) is 0 Å². The molecule has 0 aliphatic carbocycles. The largest absolute Gasteiger partial charge is 0.370 e. The predicted octanol–water partition coefficient (Wildman–Crippen LogP) is 1.64. The summed E-state index contributed by atoms with van der Waals surface area (Å²) < 4.78 is 0. The quantitative estimate of drug-likeness (QED) is 0.816. The molecule has 18 heavy (non-hydrogen) atoms. The van der Waals surface area contributed by atoms with Gasteiger partial charge in [-0.1, -0.05) is 6.07 Å². The number of anilines is 1. The smallest absolute Gasteiger partial charge is 0.0992 e. The second-order valence-electron chi connectivity index (χ2n) is 4.49. The zero-order valence-electron chi connectivity index (χ0n) is 10.3. The number of hydrogen-bond acceptors (Lipinski definition) is 4. The zero-order valence-corrected chi connectivity index (χ0v) is 10.3. The molecule has 0 aromatic heterocycles. The van der Waals surface area contributed by atoms with E-state index in [1.54, 1.807) is 0 Å². The molecule has 1 heterocycles. The van der Waals surface area contributed by atoms with Gasteiger partial charge in [0, 0.05) is 24.8 Å². The van der Waals surface area contributed by atoms with Crippen molar-refractivity contribution < 1.29 is 0 Å². The molecule has 1 aromatic carbocycles. The van der Waals surface area contributed by atoms with Crippen LogP contribution in [0.25, 0.3) is 0 Å². The summed E-state index contributed by atoms with van der Waals surface area (Å²) in [6.45, 7) is 2.31. The summed E-state index contributed by atoms with van der Waals surface area (Å²) in [5, 5.41) is 20.7. The molecule has 1 atom stereocenters. The minimum Gasteiger partial charge on any atom is -0.370 e. The third-order valence-corrected chi connectivity index (χ3v) is 3.23. The van der Waals surface area contributed by atoms with E-state index >= 15 is 0 Å². The molecule has 1 fully saturated rings. The summed E-state index contributed by atoms with van der Waals surface area (Å²) in [5.41, 5.74) is 1.79. The third-order valence-electron chi connectivity index (χ3n) is 3.23. The van der Waals surface area contributed by atoms with Crippen molar-refractivity contribution in [3.63, 3.8) is 0 Å². The molecule has 0 spiro atoms. The topological polar surface area (TPSA) is 62.9 Å². The fourth-order valence-electron chi connectivity index (χ4n) is 2.34. The lowest BCUT2D eigenvalue weighted by atomic mass is 10.0. The first-order chi connectivity index (χ1) is 8.83. The van der Waals surface area contributed by atoms with Crippen LogP contribution in [0.5, 0.6) is 0 Å². The van der Waals surface area contributed by atoms with Crippen molar-refractivity contribution in [2.45, 2.75) is 18.9 Å². The van der Waals surface area contributed by atoms with Gasteiger partial charge in [-0.05, 0) is 31.0 Å². The molecule has 2 rings (SSSR count). The first-order valence-corrected chi connectivity index (χ1v) is 6.19. The van der Waals surface area contributed by atoms with E-state index in [0.717, 1.165) is 31.6 Å². The summed E-state index contributed by atoms with van der Waals surface area (Å²) >= 11 is 0. The van der Waals surface area contributed by atoms with Gasteiger partial charge in [0.2, 0.25) is 0 Å². The van der Waals surface area contributed by atoms with Gasteiger partial charge >= 0.3 is 0 Å². The minimum absolute atomic E-state index is 0.365. The third kappa shape index (κ3) is 3.00. The van der Waals surface area contributed by atoms with E-state index in [4.69, 9.17) is 10.5 Å². The Morgan fingerprint density at radius 3 is 3.06 bits per heavy atom. The molecule has 1 aromatic rings. The van der Waals surface area contributed by atoms with Gasteiger partial charge < -0.3 is 4.90 Å². The highest BCUT2D eigenvalue weighted by molar-refractivity contribution is 5.51. The van der Waals surface area contributed by atoms with E-state index < -0.39 is 0 Å². The van der Waals surface area contributed by atoms with Crippen LogP contribution in [0.4, 0.5) is 5.69 Å². The standard InChI is InChI=1S/C14H16N4/c15-6-7-17-13-4-2-8-18(11-13)14-5-1-3-12(9-14)10-16/h1,3,5,9,13,17H,2,4,7-8,11H2. The van der Waals surface area contributed by atoms with E-state index in [-0.39, 0.29) is 0 Å². The number of rotatable bonds is 3. The van der Waals surface area contributed by atoms with Crippen molar-refractivity contribution >= 4 is 5.69 Å². The molecule has 4 heteroatoms. The lowest BCUT2D eigenvalue weighted by Crippen LogP contribution is -2.45. The monoisotopic (exact) mass is 240 g/mol. The van der Waals surface area contributed by atoms with Gasteiger partial charge in [0.15, 0.2) is 0 Å². The average Bonchev–Trinajstić information content (AvgIpc) is 2.45. The van der Waals surface area contributed by atoms with Crippen LogP contribution in [0.1, 0.15) is 18.4 Å². The predicted molar refractivity (Wildman–Crippen MR) is 70.0 cm³/mol. The van der Waals surface area contributed by atoms with Gasteiger partial charge in [-0.25, -0.2) is 0 Å². The van der Waals surface area contributed by atoms with Gasteiger partial charge in [-0.15, -0.1) is 0 Å². The number of nitrogens with one attached hydrogen (secondary N) is 1. The lowest BCUT2D eigenvalue weighted by molar-refractivity contribution is 0.439. The average molecular weight is 240 g/mol. The van der Waals surface area contributed by atoms with Crippen molar-refractivity contribution in [3.8, 4) is 12.1 Å². The molecule has 0 bridgehead atoms. The summed E-state index contributed by atoms with van der Waals surface area (Å²) in [6, 6.07) is 12.3. The Hall–Kier alpha value is -2.04. The molecule has 1 N–H and O–H groups in total. The van der Waals surface area contributed by atoms with Crippen LogP contribution >= 0.6 is 0 Å². The van der Waals surface area contributed by atoms with E-state index in [1.807, 2.05) is 24.3 Å². The Morgan fingerprint density at radius 2 is 2.28 bits per heavy atom. The van der Waals surface area contributed by atoms with Gasteiger partial charge in [-0.2, -0.15) is 10.5 Å². The molecule has 0 saturated carbocycles. The van der Waals surface area contributed by atoms with Crippen LogP contribution < -0.4 is 10.2 Å². The maximum Gasteiger partial charge on any atom is 0.0992 e. The van der Waals surface area contributed by atoms with Crippen molar-refractivity contribution in [1.82, 2.24) is 5.32 Å². The first-order valence-electron chi connectivity index (χ1n) is 6.19. The molecule has 0 amide bonds. The Balaban J connectivity index is 2.04. The fraction of sp³-hybridized carbons (Fsp3) is 0.429. The van der Waals surface area contributed by atoms with Crippen molar-refractivity contribution in [2.24, 2.45) is 0 Å². The van der Waals surface area contributed by atoms with E-state index in [1.165, 1.54) is 0 Å². The number of nitriles is 2. The Kier molecular flexibility index (Phi) is 4.17. The molecule has 0 radical (unpaired) electrons. The number of hydrogen-bond donors (Lipinski definition) is 1. The number of nitrogens with zero attached hydrogens (tertiary/aromatic N) is 3. The van der Waals surface area contributed by atoms with E-state index in [2.05, 4.69) is 22.4 Å². The molecule has 1 unspecified atom stereocenters.